The smallest absolute Gasteiger partial charge is 0.270 e. The number of halogens is 1. The van der Waals surface area contributed by atoms with Gasteiger partial charge in [-0.1, -0.05) is 30.3 Å². The van der Waals surface area contributed by atoms with E-state index in [0.717, 1.165) is 30.5 Å². The molecule has 1 unspecified atom stereocenters. The van der Waals surface area contributed by atoms with Crippen LogP contribution in [0.25, 0.3) is 11.3 Å². The van der Waals surface area contributed by atoms with Gasteiger partial charge in [0.2, 0.25) is 0 Å². The second-order valence-electron chi connectivity index (χ2n) is 4.81. The molecule has 1 aliphatic heterocycles. The summed E-state index contributed by atoms with van der Waals surface area (Å²) in [5, 5.41) is 4.50. The normalized spacial score (nSPS) is 18.9. The van der Waals surface area contributed by atoms with Gasteiger partial charge in [0.05, 0.1) is 4.47 Å². The zero-order valence-corrected chi connectivity index (χ0v) is 12.5. The maximum absolute atomic E-state index is 12.1. The monoisotopic (exact) mass is 334 g/mol. The average molecular weight is 335 g/mol. The minimum Gasteiger partial charge on any atom is -0.356 e. The lowest BCUT2D eigenvalue weighted by Gasteiger charge is -2.24. The van der Waals surface area contributed by atoms with E-state index in [9.17, 15) is 4.79 Å². The molecule has 2 aromatic rings. The third kappa shape index (κ3) is 2.69. The number of hydrogen-bond acceptors (Lipinski definition) is 3. The van der Waals surface area contributed by atoms with Gasteiger partial charge in [0, 0.05) is 18.2 Å². The second kappa shape index (κ2) is 5.89. The topological polar surface area (TPSA) is 44.1 Å². The van der Waals surface area contributed by atoms with Gasteiger partial charge >= 0.3 is 0 Å². The first-order chi connectivity index (χ1) is 9.75. The molecule has 1 aromatic carbocycles. The summed E-state index contributed by atoms with van der Waals surface area (Å²) in [7, 11) is 0. The summed E-state index contributed by atoms with van der Waals surface area (Å²) in [6.07, 6.45) is 2.71. The molecule has 5 heteroatoms. The molecule has 20 heavy (non-hydrogen) atoms. The van der Waals surface area contributed by atoms with E-state index in [2.05, 4.69) is 21.0 Å². The highest BCUT2D eigenvalue weighted by atomic mass is 79.9. The summed E-state index contributed by atoms with van der Waals surface area (Å²) in [6.45, 7) is 0.690. The van der Waals surface area contributed by atoms with E-state index in [-0.39, 0.29) is 11.8 Å². The Morgan fingerprint density at radius 3 is 2.75 bits per heavy atom. The first-order valence-electron chi connectivity index (χ1n) is 6.72. The van der Waals surface area contributed by atoms with Crippen LogP contribution < -0.4 is 5.56 Å². The molecule has 1 aromatic heterocycles. The summed E-state index contributed by atoms with van der Waals surface area (Å²) in [5.74, 6) is 0. The Labute approximate surface area is 125 Å². The highest BCUT2D eigenvalue weighted by Gasteiger charge is 2.19. The van der Waals surface area contributed by atoms with Gasteiger partial charge in [0.25, 0.3) is 5.56 Å². The van der Waals surface area contributed by atoms with Crippen LogP contribution in [0.4, 0.5) is 0 Å². The Morgan fingerprint density at radius 1 is 1.25 bits per heavy atom. The molecule has 1 atom stereocenters. The predicted molar refractivity (Wildman–Crippen MR) is 80.5 cm³/mol. The maximum Gasteiger partial charge on any atom is 0.270 e. The van der Waals surface area contributed by atoms with Gasteiger partial charge in [-0.3, -0.25) is 4.79 Å². The Balaban J connectivity index is 2.05. The molecule has 1 saturated heterocycles. The molecule has 3 rings (SSSR count). The standard InChI is InChI=1S/C15H15BrN2O2/c16-12-10-13(19)18(14-8-4-5-9-20-14)17-15(12)11-6-2-1-3-7-11/h1-3,6-7,10,14H,4-5,8-9H2. The summed E-state index contributed by atoms with van der Waals surface area (Å²) in [4.78, 5) is 12.1. The lowest BCUT2D eigenvalue weighted by atomic mass is 10.1. The van der Waals surface area contributed by atoms with Crippen LogP contribution >= 0.6 is 15.9 Å². The Hall–Kier alpha value is -1.46. The van der Waals surface area contributed by atoms with Crippen molar-refractivity contribution in [2.45, 2.75) is 25.5 Å². The summed E-state index contributed by atoms with van der Waals surface area (Å²) >= 11 is 3.43. The largest absolute Gasteiger partial charge is 0.356 e. The Morgan fingerprint density at radius 2 is 2.05 bits per heavy atom. The molecule has 0 spiro atoms. The van der Waals surface area contributed by atoms with Gasteiger partial charge in [-0.05, 0) is 35.2 Å². The quantitative estimate of drug-likeness (QED) is 0.845. The number of ether oxygens (including phenoxy) is 1. The zero-order valence-electron chi connectivity index (χ0n) is 11.0. The molecular weight excluding hydrogens is 320 g/mol. The third-order valence-corrected chi connectivity index (χ3v) is 3.99. The fraction of sp³-hybridized carbons (Fsp3) is 0.333. The molecule has 1 fully saturated rings. The second-order valence-corrected chi connectivity index (χ2v) is 5.67. The minimum absolute atomic E-state index is 0.136. The molecule has 2 heterocycles. The molecule has 4 nitrogen and oxygen atoms in total. The zero-order chi connectivity index (χ0) is 13.9. The first kappa shape index (κ1) is 13.5. The molecule has 104 valence electrons. The van der Waals surface area contributed by atoms with Gasteiger partial charge in [-0.25, -0.2) is 4.68 Å². The molecule has 0 N–H and O–H groups in total. The Bertz CT molecular complexity index is 649. The third-order valence-electron chi connectivity index (χ3n) is 3.39. The highest BCUT2D eigenvalue weighted by Crippen LogP contribution is 2.26. The van der Waals surface area contributed by atoms with Crippen molar-refractivity contribution in [3.63, 3.8) is 0 Å². The van der Waals surface area contributed by atoms with Gasteiger partial charge in [0.15, 0.2) is 6.23 Å². The van der Waals surface area contributed by atoms with Gasteiger partial charge in [-0.2, -0.15) is 5.10 Å². The van der Waals surface area contributed by atoms with Gasteiger partial charge < -0.3 is 4.74 Å². The van der Waals surface area contributed by atoms with Crippen LogP contribution in [-0.4, -0.2) is 16.4 Å². The predicted octanol–water partition coefficient (Wildman–Crippen LogP) is 3.37. The molecule has 0 saturated carbocycles. The van der Waals surface area contributed by atoms with Crippen LogP contribution in [0.5, 0.6) is 0 Å². The van der Waals surface area contributed by atoms with Crippen molar-refractivity contribution in [1.29, 1.82) is 0 Å². The van der Waals surface area contributed by atoms with Crippen molar-refractivity contribution in [1.82, 2.24) is 9.78 Å². The number of hydrogen-bond donors (Lipinski definition) is 0. The number of aromatic nitrogens is 2. The number of nitrogens with zero attached hydrogens (tertiary/aromatic N) is 2. The average Bonchev–Trinajstić information content (AvgIpc) is 2.49. The van der Waals surface area contributed by atoms with Crippen molar-refractivity contribution < 1.29 is 4.74 Å². The highest BCUT2D eigenvalue weighted by molar-refractivity contribution is 9.10. The van der Waals surface area contributed by atoms with Crippen molar-refractivity contribution in [2.24, 2.45) is 0 Å². The van der Waals surface area contributed by atoms with E-state index >= 15 is 0 Å². The van der Waals surface area contributed by atoms with E-state index in [1.807, 2.05) is 30.3 Å². The SMILES string of the molecule is O=c1cc(Br)c(-c2ccccc2)nn1C1CCCCO1. The van der Waals surface area contributed by atoms with E-state index in [4.69, 9.17) is 4.74 Å². The lowest BCUT2D eigenvalue weighted by Crippen LogP contribution is -2.31. The van der Waals surface area contributed by atoms with Crippen molar-refractivity contribution in [2.75, 3.05) is 6.61 Å². The molecule has 0 bridgehead atoms. The van der Waals surface area contributed by atoms with Crippen LogP contribution in [-0.2, 0) is 4.74 Å². The van der Waals surface area contributed by atoms with Crippen LogP contribution in [0.1, 0.15) is 25.5 Å². The first-order valence-corrected chi connectivity index (χ1v) is 7.51. The van der Waals surface area contributed by atoms with E-state index in [1.54, 1.807) is 6.07 Å². The molecular formula is C15H15BrN2O2. The van der Waals surface area contributed by atoms with Crippen molar-refractivity contribution in [3.05, 3.63) is 51.2 Å². The van der Waals surface area contributed by atoms with Gasteiger partial charge in [0.1, 0.15) is 5.69 Å². The summed E-state index contributed by atoms with van der Waals surface area (Å²) < 4.78 is 7.83. The van der Waals surface area contributed by atoms with Crippen molar-refractivity contribution >= 4 is 15.9 Å². The van der Waals surface area contributed by atoms with E-state index in [1.165, 1.54) is 4.68 Å². The van der Waals surface area contributed by atoms with Crippen LogP contribution in [0.2, 0.25) is 0 Å². The van der Waals surface area contributed by atoms with Gasteiger partial charge in [-0.15, -0.1) is 0 Å². The summed E-state index contributed by atoms with van der Waals surface area (Å²) in [6, 6.07) is 11.4. The van der Waals surface area contributed by atoms with E-state index < -0.39 is 0 Å². The molecule has 0 aliphatic carbocycles. The van der Waals surface area contributed by atoms with Crippen LogP contribution in [0.15, 0.2) is 45.7 Å². The fourth-order valence-corrected chi connectivity index (χ4v) is 2.87. The molecule has 1 aliphatic rings. The maximum atomic E-state index is 12.1. The molecule has 0 radical (unpaired) electrons. The number of benzene rings is 1. The summed E-state index contributed by atoms with van der Waals surface area (Å²) in [5.41, 5.74) is 1.60. The van der Waals surface area contributed by atoms with Crippen LogP contribution in [0, 0.1) is 0 Å². The van der Waals surface area contributed by atoms with Crippen LogP contribution in [0.3, 0.4) is 0 Å². The number of rotatable bonds is 2. The minimum atomic E-state index is -0.244. The van der Waals surface area contributed by atoms with E-state index in [0.29, 0.717) is 11.1 Å². The van der Waals surface area contributed by atoms with Crippen molar-refractivity contribution in [3.8, 4) is 11.3 Å². The molecule has 0 amide bonds. The fourth-order valence-electron chi connectivity index (χ4n) is 2.36. The lowest BCUT2D eigenvalue weighted by molar-refractivity contribution is -0.0423. The Kier molecular flexibility index (Phi) is 3.98.